The van der Waals surface area contributed by atoms with Crippen LogP contribution in [0.2, 0.25) is 0 Å². The van der Waals surface area contributed by atoms with Crippen LogP contribution in [0.1, 0.15) is 26.7 Å². The number of carbonyl (C=O) groups is 2. The predicted octanol–water partition coefficient (Wildman–Crippen LogP) is -0.820. The van der Waals surface area contributed by atoms with Crippen LogP contribution in [0, 0.1) is 0 Å². The molecule has 1 amide bonds. The molecule has 14 heavy (non-hydrogen) atoms. The maximum Gasteiger partial charge on any atom is 0.223 e. The molecule has 0 aromatic carbocycles. The number of hydrogen-bond donors (Lipinski definition) is 3. The third kappa shape index (κ3) is 5.66. The van der Waals surface area contributed by atoms with E-state index < -0.39 is 12.1 Å². The Kier molecular flexibility index (Phi) is 6.07. The van der Waals surface area contributed by atoms with Crippen LogP contribution in [-0.4, -0.2) is 35.5 Å². The second-order valence-electron chi connectivity index (χ2n) is 3.36. The molecule has 0 bridgehead atoms. The second kappa shape index (κ2) is 6.50. The number of aliphatic hydroxyl groups is 1. The molecule has 0 aliphatic carbocycles. The maximum atomic E-state index is 11.2. The van der Waals surface area contributed by atoms with Crippen LogP contribution in [0.4, 0.5) is 0 Å². The van der Waals surface area contributed by atoms with E-state index in [1.54, 1.807) is 0 Å². The van der Waals surface area contributed by atoms with Crippen molar-refractivity contribution in [2.45, 2.75) is 38.8 Å². The van der Waals surface area contributed by atoms with E-state index in [4.69, 9.17) is 10.8 Å². The topological polar surface area (TPSA) is 92.4 Å². The Balaban J connectivity index is 4.02. The third-order valence-corrected chi connectivity index (χ3v) is 1.76. The van der Waals surface area contributed by atoms with Crippen molar-refractivity contribution in [2.75, 3.05) is 6.54 Å². The zero-order valence-corrected chi connectivity index (χ0v) is 8.62. The second-order valence-corrected chi connectivity index (χ2v) is 3.36. The number of nitrogens with two attached hydrogens (primary N) is 1. The first-order valence-electron chi connectivity index (χ1n) is 4.65. The Morgan fingerprint density at radius 1 is 1.50 bits per heavy atom. The van der Waals surface area contributed by atoms with Crippen molar-refractivity contribution >= 4 is 11.7 Å². The molecule has 0 aliphatic rings. The van der Waals surface area contributed by atoms with E-state index >= 15 is 0 Å². The normalized spacial score (nSPS) is 14.6. The van der Waals surface area contributed by atoms with Crippen LogP contribution in [0.3, 0.4) is 0 Å². The van der Waals surface area contributed by atoms with Crippen LogP contribution >= 0.6 is 0 Å². The summed E-state index contributed by atoms with van der Waals surface area (Å²) < 4.78 is 0. The molecule has 0 fully saturated rings. The lowest BCUT2D eigenvalue weighted by molar-refractivity contribution is -0.128. The van der Waals surface area contributed by atoms with Gasteiger partial charge >= 0.3 is 0 Å². The molecule has 5 nitrogen and oxygen atoms in total. The molecule has 0 saturated carbocycles. The van der Waals surface area contributed by atoms with Gasteiger partial charge in [0, 0.05) is 0 Å². The smallest absolute Gasteiger partial charge is 0.223 e. The number of aliphatic hydroxyl groups excluding tert-OH is 1. The molecule has 0 saturated heterocycles. The van der Waals surface area contributed by atoms with Crippen molar-refractivity contribution in [2.24, 2.45) is 5.73 Å². The Morgan fingerprint density at radius 3 is 2.43 bits per heavy atom. The van der Waals surface area contributed by atoms with E-state index in [0.29, 0.717) is 13.0 Å². The van der Waals surface area contributed by atoms with E-state index in [1.807, 2.05) is 0 Å². The first-order chi connectivity index (χ1) is 6.47. The number of ketones is 1. The zero-order valence-electron chi connectivity index (χ0n) is 8.62. The molecule has 0 aliphatic heterocycles. The quantitative estimate of drug-likeness (QED) is 0.524. The van der Waals surface area contributed by atoms with Crippen LogP contribution in [0.15, 0.2) is 0 Å². The minimum absolute atomic E-state index is 0.00829. The number of carbonyl (C=O) groups excluding carboxylic acids is 2. The summed E-state index contributed by atoms with van der Waals surface area (Å²) in [6, 6.07) is -0.522. The molecule has 0 rings (SSSR count). The van der Waals surface area contributed by atoms with E-state index in [2.05, 4.69) is 5.32 Å². The summed E-state index contributed by atoms with van der Waals surface area (Å²) in [7, 11) is 0. The molecular formula is C9H18N2O3. The van der Waals surface area contributed by atoms with Gasteiger partial charge in [-0.1, -0.05) is 0 Å². The van der Waals surface area contributed by atoms with Crippen LogP contribution in [-0.2, 0) is 9.59 Å². The average Bonchev–Trinajstić information content (AvgIpc) is 2.01. The van der Waals surface area contributed by atoms with E-state index in [-0.39, 0.29) is 18.1 Å². The van der Waals surface area contributed by atoms with Gasteiger partial charge in [0.05, 0.1) is 18.6 Å². The fourth-order valence-corrected chi connectivity index (χ4v) is 1.07. The molecule has 0 heterocycles. The van der Waals surface area contributed by atoms with E-state index in [1.165, 1.54) is 13.8 Å². The SMILES string of the molecule is CC(=O)C(CCN)NC(=O)CC(C)O. The van der Waals surface area contributed by atoms with Crippen molar-refractivity contribution in [3.8, 4) is 0 Å². The van der Waals surface area contributed by atoms with Crippen LogP contribution in [0.25, 0.3) is 0 Å². The molecule has 0 spiro atoms. The van der Waals surface area contributed by atoms with Crippen molar-refractivity contribution < 1.29 is 14.7 Å². The summed E-state index contributed by atoms with van der Waals surface area (Å²) in [6.45, 7) is 3.27. The number of Topliss-reactive ketones (excluding diaryl/α,β-unsaturated/α-hetero) is 1. The summed E-state index contributed by atoms with van der Waals surface area (Å²) in [6.07, 6.45) is -0.254. The fraction of sp³-hybridized carbons (Fsp3) is 0.778. The van der Waals surface area contributed by atoms with Crippen molar-refractivity contribution in [1.29, 1.82) is 0 Å². The highest BCUT2D eigenvalue weighted by Crippen LogP contribution is 1.95. The monoisotopic (exact) mass is 202 g/mol. The van der Waals surface area contributed by atoms with Gasteiger partial charge in [-0.3, -0.25) is 9.59 Å². The van der Waals surface area contributed by atoms with Gasteiger partial charge in [0.2, 0.25) is 5.91 Å². The lowest BCUT2D eigenvalue weighted by Gasteiger charge is -2.15. The summed E-state index contributed by atoms with van der Waals surface area (Å²) in [5.41, 5.74) is 5.29. The van der Waals surface area contributed by atoms with Crippen molar-refractivity contribution in [3.63, 3.8) is 0 Å². The molecule has 2 unspecified atom stereocenters. The van der Waals surface area contributed by atoms with Gasteiger partial charge in [0.15, 0.2) is 5.78 Å². The molecule has 0 aromatic rings. The van der Waals surface area contributed by atoms with Gasteiger partial charge < -0.3 is 16.2 Å². The molecule has 0 aromatic heterocycles. The summed E-state index contributed by atoms with van der Waals surface area (Å²) in [5.74, 6) is -0.442. The Morgan fingerprint density at radius 2 is 2.07 bits per heavy atom. The van der Waals surface area contributed by atoms with Crippen LogP contribution in [0.5, 0.6) is 0 Å². The number of amides is 1. The van der Waals surface area contributed by atoms with E-state index in [9.17, 15) is 9.59 Å². The summed E-state index contributed by atoms with van der Waals surface area (Å²) in [4.78, 5) is 22.2. The molecule has 4 N–H and O–H groups in total. The molecule has 5 heteroatoms. The zero-order chi connectivity index (χ0) is 11.1. The minimum atomic E-state index is -0.694. The van der Waals surface area contributed by atoms with Gasteiger partial charge in [-0.15, -0.1) is 0 Å². The van der Waals surface area contributed by atoms with Gasteiger partial charge in [-0.05, 0) is 26.8 Å². The summed E-state index contributed by atoms with van der Waals surface area (Å²) in [5, 5.41) is 11.5. The van der Waals surface area contributed by atoms with Crippen molar-refractivity contribution in [3.05, 3.63) is 0 Å². The maximum absolute atomic E-state index is 11.2. The predicted molar refractivity (Wildman–Crippen MR) is 52.6 cm³/mol. The molecule has 82 valence electrons. The molecule has 2 atom stereocenters. The Bertz CT molecular complexity index is 204. The highest BCUT2D eigenvalue weighted by atomic mass is 16.3. The largest absolute Gasteiger partial charge is 0.393 e. The van der Waals surface area contributed by atoms with Gasteiger partial charge in [0.1, 0.15) is 0 Å². The standard InChI is InChI=1S/C9H18N2O3/c1-6(12)5-9(14)11-8(3-4-10)7(2)13/h6,8,12H,3-5,10H2,1-2H3,(H,11,14). The molecular weight excluding hydrogens is 184 g/mol. The lowest BCUT2D eigenvalue weighted by Crippen LogP contribution is -2.41. The fourth-order valence-electron chi connectivity index (χ4n) is 1.07. The first-order valence-corrected chi connectivity index (χ1v) is 4.65. The first kappa shape index (κ1) is 13.1. The summed E-state index contributed by atoms with van der Waals surface area (Å²) >= 11 is 0. The Labute approximate surface area is 83.7 Å². The third-order valence-electron chi connectivity index (χ3n) is 1.76. The average molecular weight is 202 g/mol. The van der Waals surface area contributed by atoms with Gasteiger partial charge in [-0.25, -0.2) is 0 Å². The number of rotatable bonds is 6. The highest BCUT2D eigenvalue weighted by Gasteiger charge is 2.16. The minimum Gasteiger partial charge on any atom is -0.393 e. The molecule has 0 radical (unpaired) electrons. The highest BCUT2D eigenvalue weighted by molar-refractivity contribution is 5.87. The lowest BCUT2D eigenvalue weighted by atomic mass is 10.1. The number of hydrogen-bond acceptors (Lipinski definition) is 4. The van der Waals surface area contributed by atoms with Crippen LogP contribution < -0.4 is 11.1 Å². The van der Waals surface area contributed by atoms with Gasteiger partial charge in [0.25, 0.3) is 0 Å². The van der Waals surface area contributed by atoms with Crippen molar-refractivity contribution in [1.82, 2.24) is 5.32 Å². The number of nitrogens with one attached hydrogen (secondary N) is 1. The Hall–Kier alpha value is -0.940. The van der Waals surface area contributed by atoms with Gasteiger partial charge in [-0.2, -0.15) is 0 Å². The van der Waals surface area contributed by atoms with E-state index in [0.717, 1.165) is 0 Å².